The topological polar surface area (TPSA) is 100 Å². The van der Waals surface area contributed by atoms with Crippen LogP contribution in [-0.2, 0) is 16.6 Å². The second-order valence-electron chi connectivity index (χ2n) is 7.37. The molecule has 27 heavy (non-hydrogen) atoms. The highest BCUT2D eigenvalue weighted by atomic mass is 16.4. The highest BCUT2D eigenvalue weighted by Gasteiger charge is 2.26. The Morgan fingerprint density at radius 2 is 1.78 bits per heavy atom. The van der Waals surface area contributed by atoms with E-state index in [1.165, 1.54) is 6.92 Å². The van der Waals surface area contributed by atoms with Crippen molar-refractivity contribution in [3.8, 4) is 0 Å². The molecule has 1 aromatic carbocycles. The fraction of sp³-hybridized carbons (Fsp3) is 0.450. The molecule has 1 aromatic heterocycles. The molecule has 0 saturated heterocycles. The quantitative estimate of drug-likeness (QED) is 0.693. The molecule has 2 amide bonds. The van der Waals surface area contributed by atoms with Crippen molar-refractivity contribution < 1.29 is 19.5 Å². The normalized spacial score (nSPS) is 13.4. The van der Waals surface area contributed by atoms with E-state index in [9.17, 15) is 14.4 Å². The fourth-order valence-corrected chi connectivity index (χ4v) is 3.00. The second kappa shape index (κ2) is 8.24. The van der Waals surface area contributed by atoms with E-state index in [1.807, 2.05) is 39.0 Å². The van der Waals surface area contributed by atoms with Crippen LogP contribution in [0.3, 0.4) is 0 Å². The Bertz CT molecular complexity index is 869. The van der Waals surface area contributed by atoms with Crippen LogP contribution in [0.1, 0.15) is 43.2 Å². The number of carboxylic acid groups (broad SMARTS) is 1. The van der Waals surface area contributed by atoms with Crippen molar-refractivity contribution in [1.82, 2.24) is 15.2 Å². The Morgan fingerprint density at radius 1 is 1.11 bits per heavy atom. The number of aromatic nitrogens is 1. The van der Waals surface area contributed by atoms with Gasteiger partial charge in [0.2, 0.25) is 5.91 Å². The van der Waals surface area contributed by atoms with E-state index in [1.54, 1.807) is 17.7 Å². The number of aryl methyl sites for hydroxylation is 2. The first-order valence-electron chi connectivity index (χ1n) is 9.00. The third-order valence-electron chi connectivity index (χ3n) is 4.49. The van der Waals surface area contributed by atoms with Crippen LogP contribution in [0, 0.1) is 12.8 Å². The maximum absolute atomic E-state index is 12.8. The number of carboxylic acids is 1. The van der Waals surface area contributed by atoms with E-state index in [4.69, 9.17) is 5.11 Å². The second-order valence-corrected chi connectivity index (χ2v) is 7.37. The smallest absolute Gasteiger partial charge is 0.325 e. The minimum atomic E-state index is -1.12. The summed E-state index contributed by atoms with van der Waals surface area (Å²) in [5.41, 5.74) is 2.47. The van der Waals surface area contributed by atoms with Gasteiger partial charge >= 0.3 is 5.97 Å². The van der Waals surface area contributed by atoms with Gasteiger partial charge in [-0.15, -0.1) is 0 Å². The van der Waals surface area contributed by atoms with Crippen molar-refractivity contribution in [2.45, 2.75) is 46.2 Å². The number of hydrogen-bond acceptors (Lipinski definition) is 3. The van der Waals surface area contributed by atoms with E-state index >= 15 is 0 Å². The van der Waals surface area contributed by atoms with Gasteiger partial charge in [-0.3, -0.25) is 14.4 Å². The largest absolute Gasteiger partial charge is 0.480 e. The van der Waals surface area contributed by atoms with E-state index in [0.717, 1.165) is 16.5 Å². The average molecular weight is 373 g/mol. The monoisotopic (exact) mass is 373 g/mol. The number of nitrogens with zero attached hydrogens (tertiary/aromatic N) is 1. The van der Waals surface area contributed by atoms with Crippen LogP contribution in [0.25, 0.3) is 10.9 Å². The van der Waals surface area contributed by atoms with Crippen LogP contribution >= 0.6 is 0 Å². The molecule has 2 aromatic rings. The Hall–Kier alpha value is -2.83. The molecule has 7 nitrogen and oxygen atoms in total. The van der Waals surface area contributed by atoms with E-state index < -0.39 is 24.0 Å². The summed E-state index contributed by atoms with van der Waals surface area (Å²) in [7, 11) is 1.80. The Kier molecular flexibility index (Phi) is 6.25. The van der Waals surface area contributed by atoms with Crippen LogP contribution in [0.4, 0.5) is 0 Å². The van der Waals surface area contributed by atoms with Crippen LogP contribution in [0.15, 0.2) is 24.3 Å². The molecule has 1 heterocycles. The number of nitrogens with one attached hydrogen (secondary N) is 2. The number of rotatable bonds is 7. The molecule has 0 aliphatic carbocycles. The zero-order chi connectivity index (χ0) is 20.3. The zero-order valence-electron chi connectivity index (χ0n) is 16.4. The minimum Gasteiger partial charge on any atom is -0.480 e. The molecule has 0 fully saturated rings. The van der Waals surface area contributed by atoms with E-state index in [2.05, 4.69) is 10.6 Å². The molecule has 0 bridgehead atoms. The lowest BCUT2D eigenvalue weighted by Gasteiger charge is -2.21. The molecule has 0 saturated carbocycles. The third-order valence-corrected chi connectivity index (χ3v) is 4.49. The van der Waals surface area contributed by atoms with Crippen LogP contribution in [0.2, 0.25) is 0 Å². The van der Waals surface area contributed by atoms with Crippen molar-refractivity contribution in [1.29, 1.82) is 0 Å². The van der Waals surface area contributed by atoms with E-state index in [-0.39, 0.29) is 11.8 Å². The van der Waals surface area contributed by atoms with Gasteiger partial charge < -0.3 is 20.3 Å². The van der Waals surface area contributed by atoms with Crippen molar-refractivity contribution >= 4 is 28.7 Å². The van der Waals surface area contributed by atoms with Crippen molar-refractivity contribution in [3.05, 3.63) is 35.5 Å². The lowest BCUT2D eigenvalue weighted by molar-refractivity contribution is -0.141. The number of aliphatic carboxylic acids is 1. The molecule has 2 rings (SSSR count). The molecule has 146 valence electrons. The Labute approximate surface area is 158 Å². The predicted octanol–water partition coefficient (Wildman–Crippen LogP) is 2.22. The summed E-state index contributed by atoms with van der Waals surface area (Å²) >= 11 is 0. The van der Waals surface area contributed by atoms with Gasteiger partial charge in [0.1, 0.15) is 17.8 Å². The molecule has 0 aliphatic rings. The highest BCUT2D eigenvalue weighted by molar-refractivity contribution is 6.01. The molecular weight excluding hydrogens is 346 g/mol. The SMILES string of the molecule is Cc1ccc2c(c1)cc(C(=O)NC(CC(C)C)C(=O)NC(C)C(=O)O)n2C. The maximum Gasteiger partial charge on any atom is 0.325 e. The van der Waals surface area contributed by atoms with Gasteiger partial charge in [-0.05, 0) is 44.4 Å². The van der Waals surface area contributed by atoms with Gasteiger partial charge in [0.25, 0.3) is 5.91 Å². The van der Waals surface area contributed by atoms with E-state index in [0.29, 0.717) is 12.1 Å². The van der Waals surface area contributed by atoms with Gasteiger partial charge in [-0.25, -0.2) is 0 Å². The van der Waals surface area contributed by atoms with Gasteiger partial charge in [0.05, 0.1) is 0 Å². The van der Waals surface area contributed by atoms with Crippen LogP contribution in [0.5, 0.6) is 0 Å². The molecule has 0 spiro atoms. The molecule has 3 N–H and O–H groups in total. The van der Waals surface area contributed by atoms with Gasteiger partial charge in [-0.2, -0.15) is 0 Å². The number of carbonyl (C=O) groups is 3. The molecule has 0 aliphatic heterocycles. The summed E-state index contributed by atoms with van der Waals surface area (Å²) in [5.74, 6) is -1.84. The fourth-order valence-electron chi connectivity index (χ4n) is 3.00. The lowest BCUT2D eigenvalue weighted by atomic mass is 10.0. The first-order chi connectivity index (χ1) is 12.6. The first-order valence-corrected chi connectivity index (χ1v) is 9.00. The summed E-state index contributed by atoms with van der Waals surface area (Å²) in [4.78, 5) is 36.3. The molecule has 7 heteroatoms. The number of amides is 2. The van der Waals surface area contributed by atoms with Gasteiger partial charge in [0, 0.05) is 18.0 Å². The number of hydrogen-bond donors (Lipinski definition) is 3. The third kappa shape index (κ3) is 4.87. The van der Waals surface area contributed by atoms with Gasteiger partial charge in [0.15, 0.2) is 0 Å². The number of carbonyl (C=O) groups excluding carboxylic acids is 2. The maximum atomic E-state index is 12.8. The highest BCUT2D eigenvalue weighted by Crippen LogP contribution is 2.20. The lowest BCUT2D eigenvalue weighted by Crippen LogP contribution is -2.51. The van der Waals surface area contributed by atoms with Crippen LogP contribution in [-0.4, -0.2) is 39.5 Å². The number of fused-ring (bicyclic) bond motifs is 1. The predicted molar refractivity (Wildman–Crippen MR) is 104 cm³/mol. The molecular formula is C20H27N3O4. The zero-order valence-corrected chi connectivity index (χ0v) is 16.4. The summed E-state index contributed by atoms with van der Waals surface area (Å²) < 4.78 is 1.79. The molecule has 2 atom stereocenters. The Balaban J connectivity index is 2.24. The summed E-state index contributed by atoms with van der Waals surface area (Å²) in [6.45, 7) is 7.25. The summed E-state index contributed by atoms with van der Waals surface area (Å²) in [5, 5.41) is 15.1. The summed E-state index contributed by atoms with van der Waals surface area (Å²) in [6, 6.07) is 5.89. The van der Waals surface area contributed by atoms with Crippen molar-refractivity contribution in [2.75, 3.05) is 0 Å². The van der Waals surface area contributed by atoms with Crippen LogP contribution < -0.4 is 10.6 Å². The Morgan fingerprint density at radius 3 is 2.37 bits per heavy atom. The van der Waals surface area contributed by atoms with Crippen molar-refractivity contribution in [2.24, 2.45) is 13.0 Å². The van der Waals surface area contributed by atoms with Gasteiger partial charge in [-0.1, -0.05) is 25.5 Å². The molecule has 0 radical (unpaired) electrons. The average Bonchev–Trinajstić information content (AvgIpc) is 2.89. The number of benzene rings is 1. The standard InChI is InChI=1S/C20H27N3O4/c1-11(2)8-15(18(24)21-13(4)20(26)27)22-19(25)17-10-14-9-12(3)6-7-16(14)23(17)5/h6-7,9-11,13,15H,8H2,1-5H3,(H,21,24)(H,22,25)(H,26,27). The first kappa shape index (κ1) is 20.5. The minimum absolute atomic E-state index is 0.149. The van der Waals surface area contributed by atoms with Crippen molar-refractivity contribution in [3.63, 3.8) is 0 Å². The summed E-state index contributed by atoms with van der Waals surface area (Å²) in [6.07, 6.45) is 0.410. The molecule has 2 unspecified atom stereocenters.